The maximum absolute atomic E-state index is 12.8. The van der Waals surface area contributed by atoms with Gasteiger partial charge >= 0.3 is 6.03 Å². The number of likely N-dealkylation sites (tertiary alicyclic amines) is 1. The van der Waals surface area contributed by atoms with Gasteiger partial charge in [0.15, 0.2) is 11.5 Å². The van der Waals surface area contributed by atoms with Crippen LogP contribution in [-0.2, 0) is 5.41 Å². The minimum atomic E-state index is -0.277. The Balaban J connectivity index is 1.34. The monoisotopic (exact) mass is 539 g/mol. The Morgan fingerprint density at radius 1 is 0.919 bits per heavy atom. The van der Waals surface area contributed by atoms with Crippen LogP contribution in [0, 0.1) is 0 Å². The van der Waals surface area contributed by atoms with Gasteiger partial charge in [0.05, 0.1) is 0 Å². The van der Waals surface area contributed by atoms with Crippen LogP contribution in [0.1, 0.15) is 32.3 Å². The molecule has 2 aliphatic heterocycles. The molecule has 3 aromatic rings. The fourth-order valence-corrected chi connectivity index (χ4v) is 5.71. The second-order valence-corrected chi connectivity index (χ2v) is 10.9. The molecule has 0 saturated carbocycles. The Bertz CT molecular complexity index is 1250. The van der Waals surface area contributed by atoms with E-state index >= 15 is 0 Å². The summed E-state index contributed by atoms with van der Waals surface area (Å²) in [5.74, 6) is 1.55. The van der Waals surface area contributed by atoms with Crippen molar-refractivity contribution in [3.63, 3.8) is 0 Å². The summed E-state index contributed by atoms with van der Waals surface area (Å²) in [6, 6.07) is 19.9. The zero-order chi connectivity index (χ0) is 26.0. The van der Waals surface area contributed by atoms with Gasteiger partial charge in [-0.05, 0) is 86.8 Å². The van der Waals surface area contributed by atoms with Crippen molar-refractivity contribution in [1.29, 1.82) is 0 Å². The first-order chi connectivity index (χ1) is 17.8. The third kappa shape index (κ3) is 5.82. The summed E-state index contributed by atoms with van der Waals surface area (Å²) < 4.78 is 11.0. The minimum Gasteiger partial charge on any atom is -0.454 e. The summed E-state index contributed by atoms with van der Waals surface area (Å²) in [6.45, 7) is 7.22. The number of nitrogens with one attached hydrogen (secondary N) is 2. The molecule has 2 aliphatic rings. The van der Waals surface area contributed by atoms with Crippen molar-refractivity contribution in [2.24, 2.45) is 0 Å². The number of amides is 2. The maximum atomic E-state index is 12.8. The smallest absolute Gasteiger partial charge is 0.319 e. The number of rotatable bonds is 6. The zero-order valence-corrected chi connectivity index (χ0v) is 22.5. The van der Waals surface area contributed by atoms with Gasteiger partial charge in [0.2, 0.25) is 6.79 Å². The van der Waals surface area contributed by atoms with Crippen LogP contribution < -0.4 is 20.1 Å². The highest BCUT2D eigenvalue weighted by Crippen LogP contribution is 2.39. The molecule has 0 unspecified atom stereocenters. The molecule has 2 amide bonds. The largest absolute Gasteiger partial charge is 0.454 e. The predicted molar refractivity (Wildman–Crippen MR) is 149 cm³/mol. The van der Waals surface area contributed by atoms with E-state index in [1.807, 2.05) is 18.2 Å². The number of carbonyl (C=O) groups is 1. The lowest BCUT2D eigenvalue weighted by Crippen LogP contribution is -2.51. The van der Waals surface area contributed by atoms with Gasteiger partial charge in [-0.25, -0.2) is 4.79 Å². The Kier molecular flexibility index (Phi) is 7.52. The quantitative estimate of drug-likeness (QED) is 0.355. The van der Waals surface area contributed by atoms with Gasteiger partial charge in [-0.3, -0.25) is 0 Å². The van der Waals surface area contributed by atoms with Crippen LogP contribution in [0.3, 0.4) is 0 Å². The first kappa shape index (κ1) is 25.7. The number of benzene rings is 3. The van der Waals surface area contributed by atoms with E-state index in [1.165, 1.54) is 5.56 Å². The highest BCUT2D eigenvalue weighted by atomic mass is 35.5. The number of halogens is 2. The second-order valence-electron chi connectivity index (χ2n) is 10.0. The SMILES string of the molecule is CC(C)N1CCC(CNC(=O)Nc2cc(Cl)cc(Cl)c2)(c2ccc(-c3ccc4c(c3)OCO4)cc2)CC1. The summed E-state index contributed by atoms with van der Waals surface area (Å²) >= 11 is 12.2. The Morgan fingerprint density at radius 2 is 1.57 bits per heavy atom. The molecular formula is C29H31Cl2N3O3. The van der Waals surface area contributed by atoms with Crippen molar-refractivity contribution < 1.29 is 14.3 Å². The molecule has 0 bridgehead atoms. The van der Waals surface area contributed by atoms with Crippen LogP contribution in [0.15, 0.2) is 60.7 Å². The van der Waals surface area contributed by atoms with Gasteiger partial charge in [0.1, 0.15) is 0 Å². The molecule has 1 fully saturated rings. The lowest BCUT2D eigenvalue weighted by Gasteiger charge is -2.44. The van der Waals surface area contributed by atoms with E-state index in [0.29, 0.717) is 28.3 Å². The van der Waals surface area contributed by atoms with Crippen molar-refractivity contribution >= 4 is 34.9 Å². The van der Waals surface area contributed by atoms with Crippen molar-refractivity contribution in [3.8, 4) is 22.6 Å². The lowest BCUT2D eigenvalue weighted by molar-refractivity contribution is 0.128. The third-order valence-electron chi connectivity index (χ3n) is 7.40. The van der Waals surface area contributed by atoms with Gasteiger partial charge in [-0.1, -0.05) is 53.5 Å². The van der Waals surface area contributed by atoms with E-state index in [-0.39, 0.29) is 18.2 Å². The number of hydrogen-bond acceptors (Lipinski definition) is 4. The molecule has 0 atom stereocenters. The molecule has 0 spiro atoms. The van der Waals surface area contributed by atoms with E-state index < -0.39 is 0 Å². The van der Waals surface area contributed by atoms with E-state index in [0.717, 1.165) is 48.6 Å². The Labute approximate surface area is 227 Å². The highest BCUT2D eigenvalue weighted by molar-refractivity contribution is 6.35. The van der Waals surface area contributed by atoms with E-state index in [1.54, 1.807) is 18.2 Å². The second kappa shape index (κ2) is 10.8. The average Bonchev–Trinajstić information content (AvgIpc) is 3.35. The molecule has 2 heterocycles. The van der Waals surface area contributed by atoms with Gasteiger partial charge in [0.25, 0.3) is 0 Å². The van der Waals surface area contributed by atoms with E-state index in [4.69, 9.17) is 32.7 Å². The first-order valence-electron chi connectivity index (χ1n) is 12.6. The number of urea groups is 1. The first-order valence-corrected chi connectivity index (χ1v) is 13.3. The number of hydrogen-bond donors (Lipinski definition) is 2. The number of fused-ring (bicyclic) bond motifs is 1. The number of anilines is 1. The van der Waals surface area contributed by atoms with Crippen molar-refractivity contribution in [2.45, 2.75) is 38.1 Å². The summed E-state index contributed by atoms with van der Waals surface area (Å²) in [5.41, 5.74) is 3.82. The number of piperidine rings is 1. The van der Waals surface area contributed by atoms with Crippen LogP contribution in [-0.4, -0.2) is 43.4 Å². The minimum absolute atomic E-state index is 0.165. The third-order valence-corrected chi connectivity index (χ3v) is 7.83. The molecule has 6 nitrogen and oxygen atoms in total. The van der Waals surface area contributed by atoms with Crippen LogP contribution in [0.4, 0.5) is 10.5 Å². The van der Waals surface area contributed by atoms with Crippen LogP contribution in [0.25, 0.3) is 11.1 Å². The normalized spacial score (nSPS) is 16.6. The molecule has 5 rings (SSSR count). The Hall–Kier alpha value is -2.93. The molecule has 1 saturated heterocycles. The molecule has 2 N–H and O–H groups in total. The summed E-state index contributed by atoms with van der Waals surface area (Å²) in [7, 11) is 0. The van der Waals surface area contributed by atoms with Gasteiger partial charge in [-0.15, -0.1) is 0 Å². The topological polar surface area (TPSA) is 62.8 Å². The number of ether oxygens (including phenoxy) is 2. The lowest BCUT2D eigenvalue weighted by atomic mass is 9.72. The number of nitrogens with zero attached hydrogens (tertiary/aromatic N) is 1. The van der Waals surface area contributed by atoms with Crippen LogP contribution >= 0.6 is 23.2 Å². The molecule has 37 heavy (non-hydrogen) atoms. The van der Waals surface area contributed by atoms with Gasteiger partial charge in [0, 0.05) is 33.7 Å². The van der Waals surface area contributed by atoms with Crippen LogP contribution in [0.5, 0.6) is 11.5 Å². The van der Waals surface area contributed by atoms with Crippen molar-refractivity contribution in [1.82, 2.24) is 10.2 Å². The summed E-state index contributed by atoms with van der Waals surface area (Å²) in [6.07, 6.45) is 1.91. The fourth-order valence-electron chi connectivity index (χ4n) is 5.18. The maximum Gasteiger partial charge on any atom is 0.319 e. The van der Waals surface area contributed by atoms with Crippen molar-refractivity contribution in [2.75, 3.05) is 31.7 Å². The van der Waals surface area contributed by atoms with Crippen molar-refractivity contribution in [3.05, 3.63) is 76.3 Å². The van der Waals surface area contributed by atoms with Crippen LogP contribution in [0.2, 0.25) is 10.0 Å². The summed E-state index contributed by atoms with van der Waals surface area (Å²) in [5, 5.41) is 6.92. The molecule has 0 aromatic heterocycles. The molecule has 0 aliphatic carbocycles. The van der Waals surface area contributed by atoms with E-state index in [2.05, 4.69) is 53.6 Å². The fraction of sp³-hybridized carbons (Fsp3) is 0.345. The molecule has 8 heteroatoms. The molecular weight excluding hydrogens is 509 g/mol. The average molecular weight is 540 g/mol. The van der Waals surface area contributed by atoms with E-state index in [9.17, 15) is 4.79 Å². The Morgan fingerprint density at radius 3 is 2.24 bits per heavy atom. The zero-order valence-electron chi connectivity index (χ0n) is 21.0. The standard InChI is InChI=1S/C29H31Cl2N3O3/c1-19(2)34-11-9-29(10-12-34,17-32-28(35)33-25-15-23(30)14-24(31)16-25)22-6-3-20(4-7-22)21-5-8-26-27(13-21)37-18-36-26/h3-8,13-16,19H,9-12,17-18H2,1-2H3,(H2,32,33,35). The molecule has 3 aromatic carbocycles. The molecule has 0 radical (unpaired) electrons. The van der Waals surface area contributed by atoms with Gasteiger partial charge in [-0.2, -0.15) is 0 Å². The number of carbonyl (C=O) groups excluding carboxylic acids is 1. The molecule has 194 valence electrons. The predicted octanol–water partition coefficient (Wildman–Crippen LogP) is 6.95. The van der Waals surface area contributed by atoms with Gasteiger partial charge < -0.3 is 25.0 Å². The summed E-state index contributed by atoms with van der Waals surface area (Å²) in [4.78, 5) is 15.3. The highest BCUT2D eigenvalue weighted by Gasteiger charge is 2.37.